The molecule has 0 radical (unpaired) electrons. The monoisotopic (exact) mass is 355 g/mol. The normalized spacial score (nSPS) is 16.8. The highest BCUT2D eigenvalue weighted by Crippen LogP contribution is 2.23. The van der Waals surface area contributed by atoms with Crippen molar-refractivity contribution in [2.45, 2.75) is 46.6 Å². The standard InChI is InChI=1S/C19H27F2NO3/c1-19(2,3)18(23)25-22-9-6-14(7-10-22)8-11-24-13-15-4-5-16(20)17(21)12-15/h4-5,12,14H,6-11,13H2,1-3H3. The van der Waals surface area contributed by atoms with E-state index >= 15 is 0 Å². The molecule has 6 heteroatoms. The predicted octanol–water partition coefficient (Wildman–Crippen LogP) is 4.09. The van der Waals surface area contributed by atoms with Gasteiger partial charge in [0, 0.05) is 19.7 Å². The van der Waals surface area contributed by atoms with Crippen LogP contribution in [0.15, 0.2) is 18.2 Å². The van der Waals surface area contributed by atoms with Crippen molar-refractivity contribution in [3.63, 3.8) is 0 Å². The minimum Gasteiger partial charge on any atom is -0.377 e. The maximum atomic E-state index is 13.1. The first-order chi connectivity index (χ1) is 11.8. The average Bonchev–Trinajstić information content (AvgIpc) is 2.55. The zero-order chi connectivity index (χ0) is 18.4. The summed E-state index contributed by atoms with van der Waals surface area (Å²) in [5, 5.41) is 1.74. The molecule has 4 nitrogen and oxygen atoms in total. The van der Waals surface area contributed by atoms with E-state index < -0.39 is 17.0 Å². The Balaban J connectivity index is 1.62. The third kappa shape index (κ3) is 6.36. The topological polar surface area (TPSA) is 38.8 Å². The number of piperidine rings is 1. The number of hydrogen-bond donors (Lipinski definition) is 0. The number of halogens is 2. The van der Waals surface area contributed by atoms with Crippen molar-refractivity contribution in [2.24, 2.45) is 11.3 Å². The van der Waals surface area contributed by atoms with Gasteiger partial charge < -0.3 is 9.57 Å². The molecule has 0 N–H and O–H groups in total. The summed E-state index contributed by atoms with van der Waals surface area (Å²) in [6.07, 6.45) is 2.81. The molecule has 0 bridgehead atoms. The summed E-state index contributed by atoms with van der Waals surface area (Å²) in [7, 11) is 0. The summed E-state index contributed by atoms with van der Waals surface area (Å²) in [5.41, 5.74) is 0.132. The lowest BCUT2D eigenvalue weighted by Gasteiger charge is -2.32. The Morgan fingerprint density at radius 1 is 1.20 bits per heavy atom. The van der Waals surface area contributed by atoms with Gasteiger partial charge in [-0.2, -0.15) is 0 Å². The van der Waals surface area contributed by atoms with Crippen LogP contribution in [0.3, 0.4) is 0 Å². The third-order valence-electron chi connectivity index (χ3n) is 4.32. The Hall–Kier alpha value is -1.53. The van der Waals surface area contributed by atoms with Crippen LogP contribution in [-0.4, -0.2) is 30.7 Å². The molecular weight excluding hydrogens is 328 g/mol. The van der Waals surface area contributed by atoms with Crippen LogP contribution in [0, 0.1) is 23.0 Å². The molecule has 0 spiro atoms. The van der Waals surface area contributed by atoms with Gasteiger partial charge >= 0.3 is 5.97 Å². The third-order valence-corrected chi connectivity index (χ3v) is 4.32. The van der Waals surface area contributed by atoms with E-state index in [1.807, 2.05) is 20.8 Å². The van der Waals surface area contributed by atoms with E-state index in [0.717, 1.165) is 44.5 Å². The van der Waals surface area contributed by atoms with E-state index in [1.54, 1.807) is 5.06 Å². The molecule has 140 valence electrons. The largest absolute Gasteiger partial charge is 0.377 e. The number of carbonyl (C=O) groups is 1. The number of nitrogens with zero attached hydrogens (tertiary/aromatic N) is 1. The van der Waals surface area contributed by atoms with Gasteiger partial charge in [0.2, 0.25) is 0 Å². The molecule has 1 aromatic carbocycles. The minimum atomic E-state index is -0.849. The molecule has 0 saturated carbocycles. The van der Waals surface area contributed by atoms with Gasteiger partial charge in [-0.25, -0.2) is 13.6 Å². The first-order valence-electron chi connectivity index (χ1n) is 8.74. The van der Waals surface area contributed by atoms with E-state index in [4.69, 9.17) is 9.57 Å². The van der Waals surface area contributed by atoms with Crippen LogP contribution < -0.4 is 0 Å². The number of rotatable bonds is 6. The molecule has 1 aromatic rings. The Labute approximate surface area is 148 Å². The summed E-state index contributed by atoms with van der Waals surface area (Å²) in [4.78, 5) is 17.3. The predicted molar refractivity (Wildman–Crippen MR) is 90.5 cm³/mol. The van der Waals surface area contributed by atoms with Gasteiger partial charge in [-0.1, -0.05) is 6.07 Å². The van der Waals surface area contributed by atoms with Gasteiger partial charge in [0.15, 0.2) is 11.6 Å². The molecule has 0 aliphatic carbocycles. The maximum absolute atomic E-state index is 13.1. The molecule has 0 amide bonds. The Bertz CT molecular complexity index is 579. The van der Waals surface area contributed by atoms with Crippen LogP contribution in [-0.2, 0) is 21.0 Å². The first kappa shape index (κ1) is 19.8. The van der Waals surface area contributed by atoms with E-state index in [1.165, 1.54) is 6.07 Å². The van der Waals surface area contributed by atoms with Crippen molar-refractivity contribution in [3.05, 3.63) is 35.4 Å². The van der Waals surface area contributed by atoms with Crippen molar-refractivity contribution in [3.8, 4) is 0 Å². The molecule has 25 heavy (non-hydrogen) atoms. The quantitative estimate of drug-likeness (QED) is 0.721. The zero-order valence-electron chi connectivity index (χ0n) is 15.2. The number of hydroxylamine groups is 2. The molecule has 0 unspecified atom stereocenters. The summed E-state index contributed by atoms with van der Waals surface area (Å²) < 4.78 is 31.5. The number of benzene rings is 1. The lowest BCUT2D eigenvalue weighted by molar-refractivity contribution is -0.206. The second-order valence-electron chi connectivity index (χ2n) is 7.59. The molecule has 1 aliphatic heterocycles. The summed E-state index contributed by atoms with van der Waals surface area (Å²) in [5.74, 6) is -1.38. The fourth-order valence-electron chi connectivity index (χ4n) is 2.61. The summed E-state index contributed by atoms with van der Waals surface area (Å²) in [6, 6.07) is 3.81. The van der Waals surface area contributed by atoms with Crippen molar-refractivity contribution in [1.82, 2.24) is 5.06 Å². The zero-order valence-corrected chi connectivity index (χ0v) is 15.2. The van der Waals surface area contributed by atoms with E-state index in [9.17, 15) is 13.6 Å². The van der Waals surface area contributed by atoms with E-state index in [-0.39, 0.29) is 12.6 Å². The van der Waals surface area contributed by atoms with Crippen LogP contribution in [0.1, 0.15) is 45.6 Å². The molecule has 0 aromatic heterocycles. The molecule has 1 fully saturated rings. The fourth-order valence-corrected chi connectivity index (χ4v) is 2.61. The van der Waals surface area contributed by atoms with Crippen LogP contribution in [0.25, 0.3) is 0 Å². The smallest absolute Gasteiger partial charge is 0.330 e. The molecule has 1 aliphatic rings. The van der Waals surface area contributed by atoms with Gasteiger partial charge in [0.05, 0.1) is 12.0 Å². The highest BCUT2D eigenvalue weighted by molar-refractivity contribution is 5.75. The van der Waals surface area contributed by atoms with Crippen LogP contribution >= 0.6 is 0 Å². The molecule has 0 atom stereocenters. The van der Waals surface area contributed by atoms with E-state index in [2.05, 4.69) is 0 Å². The number of ether oxygens (including phenoxy) is 1. The van der Waals surface area contributed by atoms with E-state index in [0.29, 0.717) is 18.1 Å². The van der Waals surface area contributed by atoms with Crippen LogP contribution in [0.2, 0.25) is 0 Å². The van der Waals surface area contributed by atoms with Crippen molar-refractivity contribution in [1.29, 1.82) is 0 Å². The SMILES string of the molecule is CC(C)(C)C(=O)ON1CCC(CCOCc2ccc(F)c(F)c2)CC1. The average molecular weight is 355 g/mol. The number of carbonyl (C=O) groups excluding carboxylic acids is 1. The summed E-state index contributed by atoms with van der Waals surface area (Å²) in [6.45, 7) is 7.83. The van der Waals surface area contributed by atoms with Crippen molar-refractivity contribution in [2.75, 3.05) is 19.7 Å². The highest BCUT2D eigenvalue weighted by Gasteiger charge is 2.28. The van der Waals surface area contributed by atoms with Gasteiger partial charge in [-0.15, -0.1) is 5.06 Å². The second-order valence-corrected chi connectivity index (χ2v) is 7.59. The second kappa shape index (κ2) is 8.72. The lowest BCUT2D eigenvalue weighted by Crippen LogP contribution is -2.39. The van der Waals surface area contributed by atoms with Gasteiger partial charge in [-0.3, -0.25) is 0 Å². The van der Waals surface area contributed by atoms with Gasteiger partial charge in [0.1, 0.15) is 0 Å². The summed E-state index contributed by atoms with van der Waals surface area (Å²) >= 11 is 0. The molecule has 2 rings (SSSR count). The fraction of sp³-hybridized carbons (Fsp3) is 0.632. The first-order valence-corrected chi connectivity index (χ1v) is 8.74. The van der Waals surface area contributed by atoms with Gasteiger partial charge in [-0.05, 0) is 63.6 Å². The Morgan fingerprint density at radius 3 is 2.48 bits per heavy atom. The number of hydrogen-bond acceptors (Lipinski definition) is 4. The Kier molecular flexibility index (Phi) is 6.90. The van der Waals surface area contributed by atoms with Crippen molar-refractivity contribution >= 4 is 5.97 Å². The Morgan fingerprint density at radius 2 is 1.88 bits per heavy atom. The molecular formula is C19H27F2NO3. The lowest BCUT2D eigenvalue weighted by atomic mass is 9.95. The molecule has 1 saturated heterocycles. The van der Waals surface area contributed by atoms with Crippen LogP contribution in [0.4, 0.5) is 8.78 Å². The van der Waals surface area contributed by atoms with Crippen molar-refractivity contribution < 1.29 is 23.1 Å². The maximum Gasteiger partial charge on any atom is 0.330 e. The minimum absolute atomic E-state index is 0.208. The molecule has 1 heterocycles. The highest BCUT2D eigenvalue weighted by atomic mass is 19.2. The van der Waals surface area contributed by atoms with Crippen LogP contribution in [0.5, 0.6) is 0 Å². The van der Waals surface area contributed by atoms with Gasteiger partial charge in [0.25, 0.3) is 0 Å².